The van der Waals surface area contributed by atoms with Crippen molar-refractivity contribution in [2.45, 2.75) is 45.2 Å². The predicted molar refractivity (Wildman–Crippen MR) is 78.1 cm³/mol. The third kappa shape index (κ3) is 2.38. The molecular formula is C15H22N4O. The lowest BCUT2D eigenvalue weighted by Crippen LogP contribution is -2.36. The van der Waals surface area contributed by atoms with Crippen LogP contribution in [0.5, 0.6) is 5.88 Å². The minimum absolute atomic E-state index is 0.568. The Morgan fingerprint density at radius 3 is 3.00 bits per heavy atom. The largest absolute Gasteiger partial charge is 0.481 e. The number of rotatable bonds is 4. The van der Waals surface area contributed by atoms with Gasteiger partial charge in [-0.3, -0.25) is 4.90 Å². The highest BCUT2D eigenvalue weighted by Crippen LogP contribution is 2.23. The number of ether oxygens (including phenoxy) is 1. The molecule has 3 rings (SSSR count). The standard InChI is InChI=1S/C15H22N4O/c1-11(2)18-9-5-6-12(18)10-13-16-14-7-4-8-15(20-3)19(14)17-13/h4,7-8,11-12H,5-6,9-10H2,1-3H3. The van der Waals surface area contributed by atoms with Gasteiger partial charge >= 0.3 is 0 Å². The van der Waals surface area contributed by atoms with Crippen LogP contribution in [0.4, 0.5) is 0 Å². The SMILES string of the molecule is COc1cccc2nc(CC3CCCN3C(C)C)nn12. The number of pyridine rings is 1. The Morgan fingerprint density at radius 1 is 1.40 bits per heavy atom. The van der Waals surface area contributed by atoms with Crippen molar-refractivity contribution in [1.29, 1.82) is 0 Å². The number of hydrogen-bond donors (Lipinski definition) is 0. The van der Waals surface area contributed by atoms with Crippen molar-refractivity contribution in [2.75, 3.05) is 13.7 Å². The van der Waals surface area contributed by atoms with Crippen LogP contribution < -0.4 is 4.74 Å². The fraction of sp³-hybridized carbons (Fsp3) is 0.600. The molecule has 0 aromatic carbocycles. The number of nitrogens with zero attached hydrogens (tertiary/aromatic N) is 4. The first-order valence-corrected chi connectivity index (χ1v) is 7.33. The Kier molecular flexibility index (Phi) is 3.61. The van der Waals surface area contributed by atoms with E-state index in [1.165, 1.54) is 19.4 Å². The summed E-state index contributed by atoms with van der Waals surface area (Å²) in [5.74, 6) is 1.64. The van der Waals surface area contributed by atoms with E-state index in [1.54, 1.807) is 11.6 Å². The van der Waals surface area contributed by atoms with Gasteiger partial charge in [0.2, 0.25) is 5.88 Å². The molecule has 1 saturated heterocycles. The van der Waals surface area contributed by atoms with Gasteiger partial charge < -0.3 is 4.74 Å². The summed E-state index contributed by atoms with van der Waals surface area (Å²) in [4.78, 5) is 7.18. The van der Waals surface area contributed by atoms with E-state index >= 15 is 0 Å². The molecule has 5 nitrogen and oxygen atoms in total. The lowest BCUT2D eigenvalue weighted by molar-refractivity contribution is 0.201. The first kappa shape index (κ1) is 13.4. The van der Waals surface area contributed by atoms with Crippen molar-refractivity contribution < 1.29 is 4.74 Å². The van der Waals surface area contributed by atoms with Crippen molar-refractivity contribution in [3.8, 4) is 5.88 Å². The number of hydrogen-bond acceptors (Lipinski definition) is 4. The Bertz CT molecular complexity index is 593. The zero-order valence-electron chi connectivity index (χ0n) is 12.4. The van der Waals surface area contributed by atoms with E-state index in [1.807, 2.05) is 18.2 Å². The lowest BCUT2D eigenvalue weighted by Gasteiger charge is -2.27. The van der Waals surface area contributed by atoms with Crippen LogP contribution in [0.15, 0.2) is 18.2 Å². The fourth-order valence-electron chi connectivity index (χ4n) is 3.13. The molecule has 0 saturated carbocycles. The zero-order chi connectivity index (χ0) is 14.1. The third-order valence-corrected chi connectivity index (χ3v) is 4.08. The van der Waals surface area contributed by atoms with Crippen molar-refractivity contribution in [3.63, 3.8) is 0 Å². The average Bonchev–Trinajstić information content (AvgIpc) is 3.04. The number of aromatic nitrogens is 3. The molecule has 5 heteroatoms. The zero-order valence-corrected chi connectivity index (χ0v) is 12.4. The van der Waals surface area contributed by atoms with Gasteiger partial charge in [0.1, 0.15) is 0 Å². The van der Waals surface area contributed by atoms with Gasteiger partial charge in [-0.15, -0.1) is 5.10 Å². The van der Waals surface area contributed by atoms with Crippen LogP contribution in [0.1, 0.15) is 32.5 Å². The highest BCUT2D eigenvalue weighted by Gasteiger charge is 2.27. The van der Waals surface area contributed by atoms with Crippen LogP contribution in [0.2, 0.25) is 0 Å². The topological polar surface area (TPSA) is 42.7 Å². The Balaban J connectivity index is 1.84. The third-order valence-electron chi connectivity index (χ3n) is 4.08. The van der Waals surface area contributed by atoms with E-state index in [9.17, 15) is 0 Å². The van der Waals surface area contributed by atoms with Crippen LogP contribution in [0.25, 0.3) is 5.65 Å². The molecule has 1 aliphatic heterocycles. The van der Waals surface area contributed by atoms with Crippen LogP contribution in [-0.2, 0) is 6.42 Å². The average molecular weight is 274 g/mol. The summed E-state index contributed by atoms with van der Waals surface area (Å²) < 4.78 is 7.10. The summed E-state index contributed by atoms with van der Waals surface area (Å²) in [5, 5.41) is 4.59. The Morgan fingerprint density at radius 2 is 2.25 bits per heavy atom. The lowest BCUT2D eigenvalue weighted by atomic mass is 10.1. The van der Waals surface area contributed by atoms with E-state index in [-0.39, 0.29) is 0 Å². The van der Waals surface area contributed by atoms with Crippen LogP contribution in [-0.4, -0.2) is 45.2 Å². The second-order valence-corrected chi connectivity index (χ2v) is 5.70. The molecule has 0 N–H and O–H groups in total. The molecule has 2 aromatic heterocycles. The molecule has 0 spiro atoms. The van der Waals surface area contributed by atoms with Crippen molar-refractivity contribution in [2.24, 2.45) is 0 Å². The maximum absolute atomic E-state index is 5.32. The molecule has 1 fully saturated rings. The number of likely N-dealkylation sites (tertiary alicyclic amines) is 1. The highest BCUT2D eigenvalue weighted by atomic mass is 16.5. The summed E-state index contributed by atoms with van der Waals surface area (Å²) in [6.45, 7) is 5.72. The van der Waals surface area contributed by atoms with Gasteiger partial charge in [-0.25, -0.2) is 4.98 Å². The quantitative estimate of drug-likeness (QED) is 0.857. The van der Waals surface area contributed by atoms with Gasteiger partial charge in [0.05, 0.1) is 7.11 Å². The molecule has 108 valence electrons. The molecule has 0 radical (unpaired) electrons. The maximum Gasteiger partial charge on any atom is 0.216 e. The summed E-state index contributed by atoms with van der Waals surface area (Å²) in [6.07, 6.45) is 3.44. The summed E-state index contributed by atoms with van der Waals surface area (Å²) >= 11 is 0. The fourth-order valence-corrected chi connectivity index (χ4v) is 3.13. The van der Waals surface area contributed by atoms with Crippen LogP contribution in [0.3, 0.4) is 0 Å². The van der Waals surface area contributed by atoms with Gasteiger partial charge in [-0.05, 0) is 39.3 Å². The molecule has 20 heavy (non-hydrogen) atoms. The van der Waals surface area contributed by atoms with Gasteiger partial charge in [0.25, 0.3) is 0 Å². The van der Waals surface area contributed by atoms with Gasteiger partial charge in [0.15, 0.2) is 11.5 Å². The molecule has 1 atom stereocenters. The molecule has 3 heterocycles. The van der Waals surface area contributed by atoms with Gasteiger partial charge in [0, 0.05) is 24.6 Å². The van der Waals surface area contributed by atoms with Crippen molar-refractivity contribution in [1.82, 2.24) is 19.5 Å². The monoisotopic (exact) mass is 274 g/mol. The minimum Gasteiger partial charge on any atom is -0.481 e. The summed E-state index contributed by atoms with van der Waals surface area (Å²) in [5.41, 5.74) is 0.855. The van der Waals surface area contributed by atoms with Crippen molar-refractivity contribution in [3.05, 3.63) is 24.0 Å². The van der Waals surface area contributed by atoms with E-state index in [0.29, 0.717) is 12.1 Å². The van der Waals surface area contributed by atoms with E-state index in [2.05, 4.69) is 28.8 Å². The van der Waals surface area contributed by atoms with Crippen LogP contribution >= 0.6 is 0 Å². The van der Waals surface area contributed by atoms with Gasteiger partial charge in [-0.1, -0.05) is 6.07 Å². The van der Waals surface area contributed by atoms with E-state index in [4.69, 9.17) is 4.74 Å². The molecule has 0 aliphatic carbocycles. The molecule has 0 bridgehead atoms. The highest BCUT2D eigenvalue weighted by molar-refractivity contribution is 5.40. The molecule has 1 unspecified atom stereocenters. The normalized spacial score (nSPS) is 20.1. The Labute approximate surface area is 119 Å². The molecule has 0 amide bonds. The van der Waals surface area contributed by atoms with Crippen LogP contribution in [0, 0.1) is 0 Å². The first-order chi connectivity index (χ1) is 9.69. The minimum atomic E-state index is 0.568. The van der Waals surface area contributed by atoms with Gasteiger partial charge in [-0.2, -0.15) is 4.52 Å². The van der Waals surface area contributed by atoms with E-state index in [0.717, 1.165) is 23.8 Å². The smallest absolute Gasteiger partial charge is 0.216 e. The number of methoxy groups -OCH3 is 1. The van der Waals surface area contributed by atoms with E-state index < -0.39 is 0 Å². The summed E-state index contributed by atoms with van der Waals surface area (Å²) in [6, 6.07) is 6.98. The number of fused-ring (bicyclic) bond motifs is 1. The van der Waals surface area contributed by atoms with Crippen molar-refractivity contribution >= 4 is 5.65 Å². The first-order valence-electron chi connectivity index (χ1n) is 7.33. The second kappa shape index (κ2) is 5.40. The maximum atomic E-state index is 5.32. The molecule has 1 aliphatic rings. The molecule has 2 aromatic rings. The summed E-state index contributed by atoms with van der Waals surface area (Å²) in [7, 11) is 1.66. The molecular weight excluding hydrogens is 252 g/mol. The second-order valence-electron chi connectivity index (χ2n) is 5.70. The predicted octanol–water partition coefficient (Wildman–Crippen LogP) is 2.15. The Hall–Kier alpha value is -1.62.